The van der Waals surface area contributed by atoms with Crippen LogP contribution < -0.4 is 15.4 Å². The lowest BCUT2D eigenvalue weighted by atomic mass is 9.99. The van der Waals surface area contributed by atoms with Crippen LogP contribution in [0.5, 0.6) is 5.75 Å². The van der Waals surface area contributed by atoms with Crippen molar-refractivity contribution in [3.8, 4) is 5.75 Å². The fourth-order valence-corrected chi connectivity index (χ4v) is 3.42. The number of halogens is 1. The number of carbonyl (C=O) groups is 1. The first-order valence-electron chi connectivity index (χ1n) is 8.09. The van der Waals surface area contributed by atoms with E-state index in [0.717, 1.165) is 29.8 Å². The topological polar surface area (TPSA) is 55.6 Å². The SMILES string of the molecule is CSc1ccc(OC(C)C(=O)N2CCCc3c(N)cccc32)cc1.Cl. The molecule has 0 spiro atoms. The number of nitrogens with zero attached hydrogens (tertiary/aromatic N) is 1. The fraction of sp³-hybridized carbons (Fsp3) is 0.316. The highest BCUT2D eigenvalue weighted by Crippen LogP contribution is 2.32. The van der Waals surface area contributed by atoms with Crippen molar-refractivity contribution in [2.45, 2.75) is 30.8 Å². The molecular formula is C19H23ClN2O2S. The number of nitrogens with two attached hydrogens (primary N) is 1. The molecule has 0 fully saturated rings. The van der Waals surface area contributed by atoms with E-state index in [1.54, 1.807) is 23.6 Å². The molecule has 2 N–H and O–H groups in total. The number of benzene rings is 2. The van der Waals surface area contributed by atoms with Gasteiger partial charge >= 0.3 is 0 Å². The van der Waals surface area contributed by atoms with Crippen molar-refractivity contribution in [3.05, 3.63) is 48.0 Å². The molecule has 1 aliphatic rings. The summed E-state index contributed by atoms with van der Waals surface area (Å²) in [4.78, 5) is 15.8. The quantitative estimate of drug-likeness (QED) is 0.641. The van der Waals surface area contributed by atoms with E-state index < -0.39 is 6.10 Å². The van der Waals surface area contributed by atoms with E-state index in [1.165, 1.54) is 4.90 Å². The van der Waals surface area contributed by atoms with Crippen molar-refractivity contribution in [3.63, 3.8) is 0 Å². The molecular weight excluding hydrogens is 356 g/mol. The molecule has 3 rings (SSSR count). The number of hydrogen-bond donors (Lipinski definition) is 1. The predicted molar refractivity (Wildman–Crippen MR) is 107 cm³/mol. The minimum atomic E-state index is -0.544. The van der Waals surface area contributed by atoms with Crippen LogP contribution in [0.15, 0.2) is 47.4 Å². The van der Waals surface area contributed by atoms with Gasteiger partial charge in [-0.2, -0.15) is 0 Å². The summed E-state index contributed by atoms with van der Waals surface area (Å²) in [6.07, 6.45) is 3.32. The van der Waals surface area contributed by atoms with Crippen molar-refractivity contribution in [2.75, 3.05) is 23.4 Å². The van der Waals surface area contributed by atoms with Crippen LogP contribution in [-0.4, -0.2) is 24.8 Å². The lowest BCUT2D eigenvalue weighted by Gasteiger charge is -2.32. The Hall–Kier alpha value is -1.85. The third-order valence-corrected chi connectivity index (χ3v) is 5.02. The molecule has 25 heavy (non-hydrogen) atoms. The fourth-order valence-electron chi connectivity index (χ4n) is 3.01. The summed E-state index contributed by atoms with van der Waals surface area (Å²) in [7, 11) is 0. The van der Waals surface area contributed by atoms with Crippen LogP contribution in [0.25, 0.3) is 0 Å². The Labute approximate surface area is 159 Å². The summed E-state index contributed by atoms with van der Waals surface area (Å²) in [5.74, 6) is 0.675. The molecule has 0 aliphatic carbocycles. The minimum absolute atomic E-state index is 0. The number of carbonyl (C=O) groups excluding carboxylic acids is 1. The number of hydrogen-bond acceptors (Lipinski definition) is 4. The predicted octanol–water partition coefficient (Wildman–Crippen LogP) is 4.16. The van der Waals surface area contributed by atoms with E-state index in [9.17, 15) is 4.79 Å². The average molecular weight is 379 g/mol. The Morgan fingerprint density at radius 2 is 1.96 bits per heavy atom. The lowest BCUT2D eigenvalue weighted by molar-refractivity contribution is -0.124. The molecule has 2 aromatic carbocycles. The Kier molecular flexibility index (Phi) is 6.62. The zero-order valence-electron chi connectivity index (χ0n) is 14.4. The first-order valence-corrected chi connectivity index (χ1v) is 9.32. The van der Waals surface area contributed by atoms with Gasteiger partial charge in [0, 0.05) is 22.8 Å². The molecule has 0 radical (unpaired) electrons. The maximum Gasteiger partial charge on any atom is 0.267 e. The molecule has 2 aromatic rings. The van der Waals surface area contributed by atoms with Gasteiger partial charge in [-0.3, -0.25) is 4.79 Å². The second-order valence-electron chi connectivity index (χ2n) is 5.87. The summed E-state index contributed by atoms with van der Waals surface area (Å²) in [6.45, 7) is 2.50. The second kappa shape index (κ2) is 8.50. The summed E-state index contributed by atoms with van der Waals surface area (Å²) in [5.41, 5.74) is 8.79. The van der Waals surface area contributed by atoms with Gasteiger partial charge < -0.3 is 15.4 Å². The molecule has 4 nitrogen and oxygen atoms in total. The van der Waals surface area contributed by atoms with Crippen LogP contribution in [0.1, 0.15) is 18.9 Å². The van der Waals surface area contributed by atoms with Crippen molar-refractivity contribution >= 4 is 41.5 Å². The molecule has 1 amide bonds. The molecule has 1 aliphatic heterocycles. The van der Waals surface area contributed by atoms with Gasteiger partial charge in [-0.1, -0.05) is 6.07 Å². The van der Waals surface area contributed by atoms with E-state index in [-0.39, 0.29) is 18.3 Å². The molecule has 0 aromatic heterocycles. The van der Waals surface area contributed by atoms with Gasteiger partial charge in [0.2, 0.25) is 0 Å². The Morgan fingerprint density at radius 1 is 1.24 bits per heavy atom. The molecule has 1 unspecified atom stereocenters. The summed E-state index contributed by atoms with van der Waals surface area (Å²) < 4.78 is 5.84. The number of anilines is 2. The van der Waals surface area contributed by atoms with Crippen LogP contribution in [0.3, 0.4) is 0 Å². The van der Waals surface area contributed by atoms with Crippen molar-refractivity contribution < 1.29 is 9.53 Å². The van der Waals surface area contributed by atoms with Gasteiger partial charge in [-0.15, -0.1) is 24.2 Å². The van der Waals surface area contributed by atoms with Gasteiger partial charge in [0.25, 0.3) is 5.91 Å². The zero-order chi connectivity index (χ0) is 17.1. The first-order chi connectivity index (χ1) is 11.6. The zero-order valence-corrected chi connectivity index (χ0v) is 16.0. The minimum Gasteiger partial charge on any atom is -0.481 e. The van der Waals surface area contributed by atoms with Crippen molar-refractivity contribution in [2.24, 2.45) is 0 Å². The van der Waals surface area contributed by atoms with E-state index in [2.05, 4.69) is 0 Å². The highest BCUT2D eigenvalue weighted by molar-refractivity contribution is 7.98. The van der Waals surface area contributed by atoms with E-state index in [0.29, 0.717) is 12.3 Å². The molecule has 0 saturated carbocycles. The van der Waals surface area contributed by atoms with Gasteiger partial charge in [0.15, 0.2) is 6.10 Å². The normalized spacial score (nSPS) is 14.2. The third-order valence-electron chi connectivity index (χ3n) is 4.27. The Bertz CT molecular complexity index is 737. The molecule has 1 heterocycles. The van der Waals surface area contributed by atoms with Gasteiger partial charge in [0.1, 0.15) is 5.75 Å². The number of rotatable bonds is 4. The second-order valence-corrected chi connectivity index (χ2v) is 6.75. The standard InChI is InChI=1S/C19H22N2O2S.ClH/c1-13(23-14-8-10-15(24-2)11-9-14)19(22)21-12-4-5-16-17(20)6-3-7-18(16)21;/h3,6-11,13H,4-5,12,20H2,1-2H3;1H. The first kappa shape index (κ1) is 19.5. The van der Waals surface area contributed by atoms with Crippen LogP contribution in [0.2, 0.25) is 0 Å². The highest BCUT2D eigenvalue weighted by Gasteiger charge is 2.28. The molecule has 1 atom stereocenters. The largest absolute Gasteiger partial charge is 0.481 e. The van der Waals surface area contributed by atoms with Crippen molar-refractivity contribution in [1.29, 1.82) is 0 Å². The van der Waals surface area contributed by atoms with Crippen LogP contribution >= 0.6 is 24.2 Å². The van der Waals surface area contributed by atoms with Gasteiger partial charge in [0.05, 0.1) is 0 Å². The van der Waals surface area contributed by atoms with Crippen LogP contribution in [0.4, 0.5) is 11.4 Å². The lowest BCUT2D eigenvalue weighted by Crippen LogP contribution is -2.43. The smallest absolute Gasteiger partial charge is 0.267 e. The average Bonchev–Trinajstić information content (AvgIpc) is 2.61. The van der Waals surface area contributed by atoms with Gasteiger partial charge in [-0.05, 0) is 68.0 Å². The number of fused-ring (bicyclic) bond motifs is 1. The number of nitrogen functional groups attached to an aromatic ring is 1. The summed E-state index contributed by atoms with van der Waals surface area (Å²) in [5, 5.41) is 0. The number of amides is 1. The van der Waals surface area contributed by atoms with E-state index in [4.69, 9.17) is 10.5 Å². The number of thioether (sulfide) groups is 1. The maximum absolute atomic E-state index is 12.9. The van der Waals surface area contributed by atoms with E-state index in [1.807, 2.05) is 48.7 Å². The summed E-state index contributed by atoms with van der Waals surface area (Å²) in [6, 6.07) is 13.5. The molecule has 0 saturated heterocycles. The Balaban J connectivity index is 0.00000225. The molecule has 134 valence electrons. The summed E-state index contributed by atoms with van der Waals surface area (Å²) >= 11 is 1.68. The van der Waals surface area contributed by atoms with Crippen molar-refractivity contribution in [1.82, 2.24) is 0 Å². The molecule has 0 bridgehead atoms. The third kappa shape index (κ3) is 4.22. The Morgan fingerprint density at radius 3 is 2.64 bits per heavy atom. The van der Waals surface area contributed by atoms with Crippen LogP contribution in [-0.2, 0) is 11.2 Å². The van der Waals surface area contributed by atoms with Gasteiger partial charge in [-0.25, -0.2) is 0 Å². The highest BCUT2D eigenvalue weighted by atomic mass is 35.5. The monoisotopic (exact) mass is 378 g/mol. The maximum atomic E-state index is 12.9. The van der Waals surface area contributed by atoms with E-state index >= 15 is 0 Å². The number of ether oxygens (including phenoxy) is 1. The van der Waals surface area contributed by atoms with Crippen LogP contribution in [0, 0.1) is 0 Å². The molecule has 6 heteroatoms.